The van der Waals surface area contributed by atoms with Gasteiger partial charge in [-0.1, -0.05) is 56.7 Å². The summed E-state index contributed by atoms with van der Waals surface area (Å²) >= 11 is 0. The molecule has 2 fully saturated rings. The number of carbonyl (C=O) groups is 1. The molecule has 2 aliphatic carbocycles. The maximum absolute atomic E-state index is 12.4. The normalized spacial score (nSPS) is 20.1. The van der Waals surface area contributed by atoms with Gasteiger partial charge >= 0.3 is 6.03 Å². The molecule has 0 atom stereocenters. The van der Waals surface area contributed by atoms with E-state index in [1.54, 1.807) is 0 Å². The number of benzene rings is 1. The van der Waals surface area contributed by atoms with Gasteiger partial charge in [0.1, 0.15) is 0 Å². The molecular weight excluding hydrogens is 312 g/mol. The number of urea groups is 1. The second-order valence-corrected chi connectivity index (χ2v) is 7.19. The Labute approximate surface area is 150 Å². The zero-order valence-corrected chi connectivity index (χ0v) is 15.0. The van der Waals surface area contributed by atoms with Crippen molar-refractivity contribution in [2.45, 2.75) is 76.3 Å². The van der Waals surface area contributed by atoms with Crippen molar-refractivity contribution < 1.29 is 4.79 Å². The summed E-state index contributed by atoms with van der Waals surface area (Å²) in [6.45, 7) is 0. The van der Waals surface area contributed by atoms with Gasteiger partial charge in [0.15, 0.2) is 5.96 Å². The number of guanidine groups is 1. The van der Waals surface area contributed by atoms with Crippen LogP contribution in [0.25, 0.3) is 0 Å². The van der Waals surface area contributed by atoms with Crippen molar-refractivity contribution in [2.75, 3.05) is 5.32 Å². The third-order valence-electron chi connectivity index (χ3n) is 5.10. The average molecular weight is 342 g/mol. The fraction of sp³-hybridized carbons (Fsp3) is 0.600. The predicted octanol–water partition coefficient (Wildman–Crippen LogP) is 4.42. The molecule has 25 heavy (non-hydrogen) atoms. The first-order valence-electron chi connectivity index (χ1n) is 9.77. The number of para-hydroxylation sites is 1. The minimum atomic E-state index is -0.232. The smallest absolute Gasteiger partial charge is 0.325 e. The van der Waals surface area contributed by atoms with E-state index in [4.69, 9.17) is 4.99 Å². The van der Waals surface area contributed by atoms with Gasteiger partial charge in [-0.05, 0) is 37.8 Å². The molecule has 5 nitrogen and oxygen atoms in total. The van der Waals surface area contributed by atoms with Gasteiger partial charge in [-0.2, -0.15) is 0 Å². The van der Waals surface area contributed by atoms with Crippen LogP contribution in [-0.4, -0.2) is 24.1 Å². The summed E-state index contributed by atoms with van der Waals surface area (Å²) < 4.78 is 0. The summed E-state index contributed by atoms with van der Waals surface area (Å²) in [5.74, 6) is 0.646. The highest BCUT2D eigenvalue weighted by molar-refractivity contribution is 6.02. The Kier molecular flexibility index (Phi) is 6.71. The highest BCUT2D eigenvalue weighted by atomic mass is 16.2. The average Bonchev–Trinajstić information content (AvgIpc) is 2.64. The first-order valence-corrected chi connectivity index (χ1v) is 9.77. The Morgan fingerprint density at radius 2 is 1.52 bits per heavy atom. The van der Waals surface area contributed by atoms with E-state index in [0.29, 0.717) is 18.0 Å². The maximum atomic E-state index is 12.4. The second-order valence-electron chi connectivity index (χ2n) is 7.19. The Morgan fingerprint density at radius 3 is 2.20 bits per heavy atom. The van der Waals surface area contributed by atoms with Crippen molar-refractivity contribution in [2.24, 2.45) is 4.99 Å². The lowest BCUT2D eigenvalue weighted by Crippen LogP contribution is -2.48. The highest BCUT2D eigenvalue weighted by Gasteiger charge is 2.19. The number of carbonyl (C=O) groups excluding carboxylic acids is 1. The van der Waals surface area contributed by atoms with Gasteiger partial charge in [-0.25, -0.2) is 9.79 Å². The molecule has 0 radical (unpaired) electrons. The minimum absolute atomic E-state index is 0.232. The van der Waals surface area contributed by atoms with Gasteiger partial charge in [0.25, 0.3) is 0 Å². The number of nitrogens with zero attached hydrogens (tertiary/aromatic N) is 1. The zero-order chi connectivity index (χ0) is 17.3. The summed E-state index contributed by atoms with van der Waals surface area (Å²) in [6, 6.07) is 10.0. The molecule has 0 aromatic heterocycles. The van der Waals surface area contributed by atoms with E-state index in [-0.39, 0.29) is 6.03 Å². The molecule has 2 amide bonds. The summed E-state index contributed by atoms with van der Waals surface area (Å²) in [5, 5.41) is 9.32. The van der Waals surface area contributed by atoms with Gasteiger partial charge < -0.3 is 10.6 Å². The monoisotopic (exact) mass is 342 g/mol. The molecule has 0 unspecified atom stereocenters. The molecule has 3 rings (SSSR count). The lowest BCUT2D eigenvalue weighted by Gasteiger charge is -2.26. The summed E-state index contributed by atoms with van der Waals surface area (Å²) in [5.41, 5.74) is 0.787. The third kappa shape index (κ3) is 6.07. The van der Waals surface area contributed by atoms with E-state index >= 15 is 0 Å². The highest BCUT2D eigenvalue weighted by Crippen LogP contribution is 2.21. The van der Waals surface area contributed by atoms with Gasteiger partial charge in [0.2, 0.25) is 0 Å². The molecule has 136 valence electrons. The first-order chi connectivity index (χ1) is 12.3. The van der Waals surface area contributed by atoms with Crippen LogP contribution in [0.3, 0.4) is 0 Å². The Morgan fingerprint density at radius 1 is 0.880 bits per heavy atom. The molecule has 0 heterocycles. The molecule has 0 saturated heterocycles. The molecule has 3 N–H and O–H groups in total. The van der Waals surface area contributed by atoms with Crippen molar-refractivity contribution in [3.8, 4) is 0 Å². The maximum Gasteiger partial charge on any atom is 0.325 e. The Balaban J connectivity index is 1.61. The molecular formula is C20H30N4O. The minimum Gasteiger partial charge on any atom is -0.353 e. The number of nitrogens with one attached hydrogen (secondary N) is 3. The Bertz CT molecular complexity index is 560. The van der Waals surface area contributed by atoms with E-state index in [1.165, 1.54) is 38.5 Å². The van der Waals surface area contributed by atoms with Crippen LogP contribution in [0.5, 0.6) is 0 Å². The first kappa shape index (κ1) is 17.8. The molecule has 0 spiro atoms. The second kappa shape index (κ2) is 9.44. The fourth-order valence-electron chi connectivity index (χ4n) is 3.73. The van der Waals surface area contributed by atoms with Crippen LogP contribution in [0.2, 0.25) is 0 Å². The van der Waals surface area contributed by atoms with E-state index in [1.807, 2.05) is 30.3 Å². The van der Waals surface area contributed by atoms with Crippen LogP contribution in [-0.2, 0) is 0 Å². The summed E-state index contributed by atoms with van der Waals surface area (Å²) in [7, 11) is 0. The zero-order valence-electron chi connectivity index (χ0n) is 15.0. The Hall–Kier alpha value is -2.04. The number of amides is 2. The third-order valence-corrected chi connectivity index (χ3v) is 5.10. The van der Waals surface area contributed by atoms with Gasteiger partial charge in [0.05, 0.1) is 6.04 Å². The molecule has 2 saturated carbocycles. The molecule has 1 aromatic rings. The number of hydrogen-bond acceptors (Lipinski definition) is 2. The molecule has 1 aromatic carbocycles. The van der Waals surface area contributed by atoms with E-state index in [0.717, 1.165) is 31.4 Å². The van der Waals surface area contributed by atoms with Crippen molar-refractivity contribution >= 4 is 17.7 Å². The number of rotatable bonds is 3. The van der Waals surface area contributed by atoms with E-state index < -0.39 is 0 Å². The number of anilines is 1. The molecule has 0 aliphatic heterocycles. The largest absolute Gasteiger partial charge is 0.353 e. The standard InChI is InChI=1S/C20H30N4O/c25-20(23-18-14-8-3-9-15-18)24-19(21-16-10-4-1-5-11-16)22-17-12-6-2-7-13-17/h3,8-9,14-17H,1-2,4-7,10-13H2,(H3,21,22,23,24,25). The van der Waals surface area contributed by atoms with E-state index in [9.17, 15) is 4.79 Å². The predicted molar refractivity (Wildman–Crippen MR) is 103 cm³/mol. The number of hydrogen-bond donors (Lipinski definition) is 3. The van der Waals surface area contributed by atoms with Crippen LogP contribution in [0, 0.1) is 0 Å². The topological polar surface area (TPSA) is 65.5 Å². The van der Waals surface area contributed by atoms with Gasteiger partial charge in [0, 0.05) is 11.7 Å². The van der Waals surface area contributed by atoms with Crippen molar-refractivity contribution in [1.82, 2.24) is 10.6 Å². The fourth-order valence-corrected chi connectivity index (χ4v) is 3.73. The molecule has 2 aliphatic rings. The molecule has 0 bridgehead atoms. The quantitative estimate of drug-likeness (QED) is 0.562. The van der Waals surface area contributed by atoms with E-state index in [2.05, 4.69) is 16.0 Å². The van der Waals surface area contributed by atoms with Crippen molar-refractivity contribution in [1.29, 1.82) is 0 Å². The van der Waals surface area contributed by atoms with Crippen LogP contribution >= 0.6 is 0 Å². The lowest BCUT2D eigenvalue weighted by atomic mass is 9.95. The van der Waals surface area contributed by atoms with Gasteiger partial charge in [-0.3, -0.25) is 5.32 Å². The van der Waals surface area contributed by atoms with Crippen LogP contribution < -0.4 is 16.0 Å². The van der Waals surface area contributed by atoms with Crippen molar-refractivity contribution in [3.63, 3.8) is 0 Å². The van der Waals surface area contributed by atoms with Crippen LogP contribution in [0.15, 0.2) is 35.3 Å². The molecule has 5 heteroatoms. The lowest BCUT2D eigenvalue weighted by molar-refractivity contribution is 0.255. The summed E-state index contributed by atoms with van der Waals surface area (Å²) in [4.78, 5) is 17.2. The van der Waals surface area contributed by atoms with Crippen LogP contribution in [0.1, 0.15) is 64.2 Å². The number of aliphatic imine (C=N–C) groups is 1. The van der Waals surface area contributed by atoms with Crippen molar-refractivity contribution in [3.05, 3.63) is 30.3 Å². The van der Waals surface area contributed by atoms with Crippen LogP contribution in [0.4, 0.5) is 10.5 Å². The SMILES string of the molecule is O=C(NC(=NC1CCCCC1)NC1CCCCC1)Nc1ccccc1. The van der Waals surface area contributed by atoms with Gasteiger partial charge in [-0.15, -0.1) is 0 Å². The summed E-state index contributed by atoms with van der Waals surface area (Å²) in [6.07, 6.45) is 12.2.